The van der Waals surface area contributed by atoms with Crippen molar-refractivity contribution in [3.8, 4) is 5.75 Å². The highest BCUT2D eigenvalue weighted by molar-refractivity contribution is 5.56. The van der Waals surface area contributed by atoms with Gasteiger partial charge in [0.25, 0.3) is 0 Å². The van der Waals surface area contributed by atoms with E-state index in [2.05, 4.69) is 10.2 Å². The molecular formula is C13H18N4O. The Morgan fingerprint density at radius 3 is 2.56 bits per heavy atom. The second-order valence-corrected chi connectivity index (χ2v) is 4.44. The summed E-state index contributed by atoms with van der Waals surface area (Å²) in [7, 11) is 1.92. The molecule has 0 spiro atoms. The summed E-state index contributed by atoms with van der Waals surface area (Å²) in [6.07, 6.45) is 0. The highest BCUT2D eigenvalue weighted by Crippen LogP contribution is 2.28. The van der Waals surface area contributed by atoms with Crippen LogP contribution >= 0.6 is 0 Å². The van der Waals surface area contributed by atoms with Gasteiger partial charge >= 0.3 is 0 Å². The molecule has 5 nitrogen and oxygen atoms in total. The van der Waals surface area contributed by atoms with E-state index in [1.54, 1.807) is 0 Å². The number of aryl methyl sites for hydroxylation is 2. The van der Waals surface area contributed by atoms with Gasteiger partial charge in [0, 0.05) is 18.3 Å². The molecule has 0 saturated heterocycles. The van der Waals surface area contributed by atoms with Crippen molar-refractivity contribution in [1.29, 1.82) is 0 Å². The van der Waals surface area contributed by atoms with Gasteiger partial charge in [0.15, 0.2) is 5.82 Å². The van der Waals surface area contributed by atoms with E-state index >= 15 is 0 Å². The molecule has 0 aliphatic heterocycles. The molecule has 96 valence electrons. The van der Waals surface area contributed by atoms with Crippen molar-refractivity contribution < 1.29 is 4.74 Å². The zero-order chi connectivity index (χ0) is 13.3. The fourth-order valence-corrected chi connectivity index (χ4v) is 1.78. The lowest BCUT2D eigenvalue weighted by molar-refractivity contribution is 0.287. The number of benzene rings is 1. The van der Waals surface area contributed by atoms with E-state index in [-0.39, 0.29) is 0 Å². The maximum Gasteiger partial charge on any atom is 0.170 e. The zero-order valence-corrected chi connectivity index (χ0v) is 11.2. The van der Waals surface area contributed by atoms with Gasteiger partial charge in [-0.25, -0.2) is 0 Å². The van der Waals surface area contributed by atoms with Crippen molar-refractivity contribution in [2.75, 3.05) is 5.73 Å². The lowest BCUT2D eigenvalue weighted by Gasteiger charge is -2.13. The van der Waals surface area contributed by atoms with Crippen LogP contribution < -0.4 is 10.5 Å². The van der Waals surface area contributed by atoms with Crippen molar-refractivity contribution in [1.82, 2.24) is 14.8 Å². The summed E-state index contributed by atoms with van der Waals surface area (Å²) in [5.74, 6) is 2.50. The highest BCUT2D eigenvalue weighted by atomic mass is 16.5. The molecule has 2 rings (SSSR count). The first-order chi connectivity index (χ1) is 8.50. The van der Waals surface area contributed by atoms with Crippen LogP contribution in [0.3, 0.4) is 0 Å². The molecule has 0 amide bonds. The lowest BCUT2D eigenvalue weighted by Crippen LogP contribution is -2.06. The molecular weight excluding hydrogens is 228 g/mol. The second-order valence-electron chi connectivity index (χ2n) is 4.44. The summed E-state index contributed by atoms with van der Waals surface area (Å²) < 4.78 is 7.74. The molecule has 0 fully saturated rings. The van der Waals surface area contributed by atoms with E-state index in [1.165, 1.54) is 0 Å². The molecule has 18 heavy (non-hydrogen) atoms. The fraction of sp³-hybridized carbons (Fsp3) is 0.385. The number of ether oxygens (including phenoxy) is 1. The van der Waals surface area contributed by atoms with Crippen LogP contribution in [0.15, 0.2) is 12.1 Å². The molecule has 1 aromatic heterocycles. The predicted molar refractivity (Wildman–Crippen MR) is 70.4 cm³/mol. The van der Waals surface area contributed by atoms with E-state index in [9.17, 15) is 0 Å². The fourth-order valence-electron chi connectivity index (χ4n) is 1.78. The number of hydrogen-bond acceptors (Lipinski definition) is 4. The quantitative estimate of drug-likeness (QED) is 0.840. The average molecular weight is 246 g/mol. The number of rotatable bonds is 3. The van der Waals surface area contributed by atoms with Gasteiger partial charge in [-0.05, 0) is 32.4 Å². The number of nitrogens with zero attached hydrogens (tertiary/aromatic N) is 3. The minimum absolute atomic E-state index is 0.391. The molecule has 0 radical (unpaired) electrons. The van der Waals surface area contributed by atoms with E-state index < -0.39 is 0 Å². The number of anilines is 1. The van der Waals surface area contributed by atoms with Crippen molar-refractivity contribution in [2.45, 2.75) is 27.4 Å². The molecule has 0 unspecified atom stereocenters. The molecule has 2 aromatic rings. The van der Waals surface area contributed by atoms with Gasteiger partial charge in [0.2, 0.25) is 0 Å². The van der Waals surface area contributed by atoms with Crippen molar-refractivity contribution >= 4 is 5.69 Å². The number of nitrogen functional groups attached to an aromatic ring is 1. The van der Waals surface area contributed by atoms with Crippen LogP contribution in [0.2, 0.25) is 0 Å². The Morgan fingerprint density at radius 2 is 1.94 bits per heavy atom. The number of aromatic nitrogens is 3. The summed E-state index contributed by atoms with van der Waals surface area (Å²) in [6.45, 7) is 6.26. The average Bonchev–Trinajstić information content (AvgIpc) is 2.66. The standard InChI is InChI=1S/C13H18N4O/c1-8-5-6-11(14)9(2)13(8)18-7-12-16-15-10(3)17(12)4/h5-6H,7,14H2,1-4H3. The molecule has 0 aliphatic rings. The monoisotopic (exact) mass is 246 g/mol. The first-order valence-corrected chi connectivity index (χ1v) is 5.84. The van der Waals surface area contributed by atoms with E-state index in [0.717, 1.165) is 34.2 Å². The first kappa shape index (κ1) is 12.4. The molecule has 0 saturated carbocycles. The van der Waals surface area contributed by atoms with Gasteiger partial charge in [-0.1, -0.05) is 6.07 Å². The minimum atomic E-state index is 0.391. The summed E-state index contributed by atoms with van der Waals surface area (Å²) in [5.41, 5.74) is 8.66. The molecule has 1 aromatic carbocycles. The van der Waals surface area contributed by atoms with Crippen LogP contribution in [0.4, 0.5) is 5.69 Å². The van der Waals surface area contributed by atoms with E-state index in [1.807, 2.05) is 44.5 Å². The Bertz CT molecular complexity index is 575. The Labute approximate surface area is 107 Å². The summed E-state index contributed by atoms with van der Waals surface area (Å²) in [5, 5.41) is 8.07. The van der Waals surface area contributed by atoms with Crippen LogP contribution in [0.1, 0.15) is 22.8 Å². The van der Waals surface area contributed by atoms with Crippen LogP contribution in [-0.4, -0.2) is 14.8 Å². The zero-order valence-electron chi connectivity index (χ0n) is 11.2. The number of nitrogens with two attached hydrogens (primary N) is 1. The third kappa shape index (κ3) is 2.16. The normalized spacial score (nSPS) is 10.7. The summed E-state index contributed by atoms with van der Waals surface area (Å²) in [4.78, 5) is 0. The maximum atomic E-state index is 5.88. The van der Waals surface area contributed by atoms with Crippen LogP contribution in [0, 0.1) is 20.8 Å². The summed E-state index contributed by atoms with van der Waals surface area (Å²) in [6, 6.07) is 3.85. The second kappa shape index (κ2) is 4.68. The van der Waals surface area contributed by atoms with E-state index in [4.69, 9.17) is 10.5 Å². The van der Waals surface area contributed by atoms with Gasteiger partial charge in [-0.2, -0.15) is 0 Å². The van der Waals surface area contributed by atoms with Gasteiger partial charge in [0.1, 0.15) is 18.2 Å². The summed E-state index contributed by atoms with van der Waals surface area (Å²) >= 11 is 0. The SMILES string of the molecule is Cc1ccc(N)c(C)c1OCc1nnc(C)n1C. The molecule has 2 N–H and O–H groups in total. The van der Waals surface area contributed by atoms with Crippen molar-refractivity contribution in [2.24, 2.45) is 7.05 Å². The Kier molecular flexibility index (Phi) is 3.23. The van der Waals surface area contributed by atoms with Crippen LogP contribution in [-0.2, 0) is 13.7 Å². The molecule has 0 aliphatic carbocycles. The minimum Gasteiger partial charge on any atom is -0.485 e. The lowest BCUT2D eigenvalue weighted by atomic mass is 10.1. The van der Waals surface area contributed by atoms with E-state index in [0.29, 0.717) is 6.61 Å². The van der Waals surface area contributed by atoms with Crippen LogP contribution in [0.25, 0.3) is 0 Å². The topological polar surface area (TPSA) is 66.0 Å². The largest absolute Gasteiger partial charge is 0.485 e. The molecule has 0 bridgehead atoms. The van der Waals surface area contributed by atoms with Crippen molar-refractivity contribution in [3.63, 3.8) is 0 Å². The van der Waals surface area contributed by atoms with Crippen molar-refractivity contribution in [3.05, 3.63) is 34.9 Å². The Morgan fingerprint density at radius 1 is 1.22 bits per heavy atom. The molecule has 1 heterocycles. The number of hydrogen-bond donors (Lipinski definition) is 1. The van der Waals surface area contributed by atoms with Gasteiger partial charge < -0.3 is 15.0 Å². The van der Waals surface area contributed by atoms with Crippen LogP contribution in [0.5, 0.6) is 5.75 Å². The third-order valence-corrected chi connectivity index (χ3v) is 3.17. The third-order valence-electron chi connectivity index (χ3n) is 3.17. The van der Waals surface area contributed by atoms with Gasteiger partial charge in [0.05, 0.1) is 0 Å². The molecule has 0 atom stereocenters. The van der Waals surface area contributed by atoms with Gasteiger partial charge in [-0.15, -0.1) is 10.2 Å². The smallest absolute Gasteiger partial charge is 0.170 e. The van der Waals surface area contributed by atoms with Gasteiger partial charge in [-0.3, -0.25) is 0 Å². The highest BCUT2D eigenvalue weighted by Gasteiger charge is 2.10. The first-order valence-electron chi connectivity index (χ1n) is 5.84. The molecule has 5 heteroatoms. The predicted octanol–water partition coefficient (Wildman–Crippen LogP) is 1.90. The maximum absolute atomic E-state index is 5.88. The Hall–Kier alpha value is -2.04. The Balaban J connectivity index is 2.21.